The summed E-state index contributed by atoms with van der Waals surface area (Å²) in [6.07, 6.45) is 1.79. The molecule has 2 unspecified atom stereocenters. The largest absolute Gasteiger partial charge is 0.494 e. The lowest BCUT2D eigenvalue weighted by atomic mass is 9.94. The van der Waals surface area contributed by atoms with Gasteiger partial charge in [0.15, 0.2) is 10.3 Å². The fraction of sp³-hybridized carbons (Fsp3) is 0.325. The fourth-order valence-corrected chi connectivity index (χ4v) is 8.76. The number of nitrogens with one attached hydrogen (secondary N) is 1. The van der Waals surface area contributed by atoms with Crippen LogP contribution >= 0.6 is 23.1 Å². The van der Waals surface area contributed by atoms with Crippen LogP contribution in [-0.2, 0) is 17.7 Å². The lowest BCUT2D eigenvalue weighted by molar-refractivity contribution is 0.0358. The van der Waals surface area contributed by atoms with Crippen molar-refractivity contribution in [2.24, 2.45) is 4.99 Å². The molecular weight excluding hydrogens is 679 g/mol. The predicted octanol–water partition coefficient (Wildman–Crippen LogP) is 6.05. The van der Waals surface area contributed by atoms with Crippen molar-refractivity contribution in [3.63, 3.8) is 0 Å². The van der Waals surface area contributed by atoms with Crippen LogP contribution in [0.5, 0.6) is 5.75 Å². The predicted molar refractivity (Wildman–Crippen MR) is 206 cm³/mol. The number of morpholine rings is 1. The number of ether oxygens (including phenoxy) is 2. The highest BCUT2D eigenvalue weighted by atomic mass is 32.2. The number of carbonyl (C=O) groups excluding carboxylic acids is 1. The summed E-state index contributed by atoms with van der Waals surface area (Å²) in [5.41, 5.74) is 4.61. The van der Waals surface area contributed by atoms with Gasteiger partial charge in [0.05, 0.1) is 47.9 Å². The summed E-state index contributed by atoms with van der Waals surface area (Å²) in [6, 6.07) is 25.9. The maximum absolute atomic E-state index is 13.5. The van der Waals surface area contributed by atoms with E-state index in [1.165, 1.54) is 16.9 Å². The van der Waals surface area contributed by atoms with Crippen LogP contribution in [0, 0.1) is 11.8 Å². The van der Waals surface area contributed by atoms with Crippen LogP contribution in [0.25, 0.3) is 21.0 Å². The molecule has 0 radical (unpaired) electrons. The summed E-state index contributed by atoms with van der Waals surface area (Å²) in [7, 11) is 0. The first-order chi connectivity index (χ1) is 25.1. The molecule has 3 aliphatic heterocycles. The van der Waals surface area contributed by atoms with Gasteiger partial charge in [-0.1, -0.05) is 71.3 Å². The molecule has 260 valence electrons. The van der Waals surface area contributed by atoms with E-state index in [1.54, 1.807) is 11.8 Å². The van der Waals surface area contributed by atoms with Crippen molar-refractivity contribution in [1.29, 1.82) is 0 Å². The molecule has 3 aliphatic rings. The van der Waals surface area contributed by atoms with E-state index in [-0.39, 0.29) is 23.8 Å². The summed E-state index contributed by atoms with van der Waals surface area (Å²) in [5, 5.41) is 16.8. The number of thiazole rings is 1. The SMILES string of the molecule is O=C(Nc1nc2ccccc2s1)c1cccc2c1CN(C1=NC(CO)C(C#Cc3ccc4cc(OCCCN5CCOCC5)ccc4c3)S1)CC2. The van der Waals surface area contributed by atoms with Crippen LogP contribution in [-0.4, -0.2) is 94.9 Å². The molecule has 0 spiro atoms. The van der Waals surface area contributed by atoms with Crippen LogP contribution in [0.3, 0.4) is 0 Å². The number of fused-ring (bicyclic) bond motifs is 3. The van der Waals surface area contributed by atoms with Crippen LogP contribution in [0.15, 0.2) is 83.9 Å². The lowest BCUT2D eigenvalue weighted by Crippen LogP contribution is -2.37. The Labute approximate surface area is 305 Å². The third-order valence-corrected chi connectivity index (χ3v) is 11.7. The van der Waals surface area contributed by atoms with E-state index >= 15 is 0 Å². The zero-order chi connectivity index (χ0) is 34.6. The minimum atomic E-state index is -0.320. The Morgan fingerprint density at radius 3 is 2.76 bits per heavy atom. The number of aromatic nitrogens is 1. The highest BCUT2D eigenvalue weighted by Crippen LogP contribution is 2.33. The van der Waals surface area contributed by atoms with Crippen molar-refractivity contribution in [2.45, 2.75) is 30.7 Å². The molecule has 1 fully saturated rings. The second kappa shape index (κ2) is 15.4. The normalized spacial score (nSPS) is 19.0. The number of nitrogens with zero attached hydrogens (tertiary/aromatic N) is 4. The number of anilines is 1. The number of amides is 1. The maximum atomic E-state index is 13.5. The number of thioether (sulfide) groups is 1. The van der Waals surface area contributed by atoms with Gasteiger partial charge in [-0.3, -0.25) is 20.0 Å². The molecule has 0 aliphatic carbocycles. The number of aliphatic imine (C=N–C) groups is 1. The minimum Gasteiger partial charge on any atom is -0.494 e. The summed E-state index contributed by atoms with van der Waals surface area (Å²) in [5.74, 6) is 7.46. The number of amidine groups is 1. The Hall–Kier alpha value is -4.44. The van der Waals surface area contributed by atoms with E-state index in [0.717, 1.165) is 95.3 Å². The van der Waals surface area contributed by atoms with Crippen LogP contribution < -0.4 is 10.1 Å². The summed E-state index contributed by atoms with van der Waals surface area (Å²) >= 11 is 3.07. The molecule has 11 heteroatoms. The molecule has 2 N–H and O–H groups in total. The van der Waals surface area contributed by atoms with Gasteiger partial charge in [0.25, 0.3) is 5.91 Å². The summed E-state index contributed by atoms with van der Waals surface area (Å²) in [6.45, 7) is 6.61. The Morgan fingerprint density at radius 1 is 1.02 bits per heavy atom. The van der Waals surface area contributed by atoms with Gasteiger partial charge < -0.3 is 19.5 Å². The molecule has 4 aromatic carbocycles. The monoisotopic (exact) mass is 717 g/mol. The molecule has 2 atom stereocenters. The number of hydrogen-bond acceptors (Lipinski definition) is 10. The van der Waals surface area contributed by atoms with Crippen LogP contribution in [0.4, 0.5) is 5.13 Å². The number of hydrogen-bond donors (Lipinski definition) is 2. The number of para-hydroxylation sites is 1. The molecule has 4 heterocycles. The molecule has 5 aromatic rings. The average molecular weight is 718 g/mol. The van der Waals surface area contributed by atoms with Crippen molar-refractivity contribution >= 4 is 60.3 Å². The third-order valence-electron chi connectivity index (χ3n) is 9.51. The van der Waals surface area contributed by atoms with E-state index in [2.05, 4.69) is 62.3 Å². The maximum Gasteiger partial charge on any atom is 0.257 e. The van der Waals surface area contributed by atoms with Gasteiger partial charge in [0.2, 0.25) is 0 Å². The van der Waals surface area contributed by atoms with Crippen LogP contribution in [0.1, 0.15) is 33.5 Å². The van der Waals surface area contributed by atoms with E-state index in [4.69, 9.17) is 14.5 Å². The van der Waals surface area contributed by atoms with E-state index < -0.39 is 0 Å². The summed E-state index contributed by atoms with van der Waals surface area (Å²) < 4.78 is 12.5. The van der Waals surface area contributed by atoms with Crippen molar-refractivity contribution < 1.29 is 19.4 Å². The van der Waals surface area contributed by atoms with Gasteiger partial charge in [-0.15, -0.1) is 0 Å². The average Bonchev–Trinajstić information content (AvgIpc) is 3.79. The molecule has 1 saturated heterocycles. The first kappa shape index (κ1) is 33.7. The fourth-order valence-electron chi connectivity index (χ4n) is 6.75. The number of rotatable bonds is 8. The number of aliphatic hydroxyl groups is 1. The highest BCUT2D eigenvalue weighted by Gasteiger charge is 2.33. The molecule has 51 heavy (non-hydrogen) atoms. The van der Waals surface area contributed by atoms with Crippen LogP contribution in [0.2, 0.25) is 0 Å². The standard InChI is InChI=1S/C40H39N5O4S2/c46-26-35-37(14-10-27-9-11-30-24-31(13-12-29(30)23-27)49-20-4-16-44-18-21-48-22-19-44)51-40(42-35)45-17-15-28-5-3-6-32(33(28)25-45)38(47)43-39-41-34-7-1-2-8-36(34)50-39/h1-3,5-9,11-13,23-24,35,37,46H,4,15-22,25-26H2,(H,41,43,47). The van der Waals surface area contributed by atoms with Crippen molar-refractivity contribution in [3.8, 4) is 17.6 Å². The van der Waals surface area contributed by atoms with Gasteiger partial charge in [-0.05, 0) is 77.2 Å². The molecule has 9 nitrogen and oxygen atoms in total. The van der Waals surface area contributed by atoms with Gasteiger partial charge in [-0.25, -0.2) is 4.98 Å². The van der Waals surface area contributed by atoms with Gasteiger partial charge in [0.1, 0.15) is 5.75 Å². The molecule has 0 saturated carbocycles. The molecule has 1 aromatic heterocycles. The van der Waals surface area contributed by atoms with E-state index in [0.29, 0.717) is 23.8 Å². The first-order valence-corrected chi connectivity index (χ1v) is 19.2. The topological polar surface area (TPSA) is 99.5 Å². The molecular formula is C40H39N5O4S2. The number of aliphatic hydroxyl groups excluding tert-OH is 1. The smallest absolute Gasteiger partial charge is 0.257 e. The highest BCUT2D eigenvalue weighted by molar-refractivity contribution is 8.14. The van der Waals surface area contributed by atoms with Crippen molar-refractivity contribution in [2.75, 3.05) is 57.9 Å². The van der Waals surface area contributed by atoms with Crippen molar-refractivity contribution in [3.05, 3.63) is 101 Å². The second-order valence-corrected chi connectivity index (χ2v) is 15.0. The first-order valence-electron chi connectivity index (χ1n) is 17.5. The van der Waals surface area contributed by atoms with E-state index in [1.807, 2.05) is 48.5 Å². The van der Waals surface area contributed by atoms with E-state index in [9.17, 15) is 9.90 Å². The Morgan fingerprint density at radius 2 is 1.88 bits per heavy atom. The van der Waals surface area contributed by atoms with Gasteiger partial charge in [-0.2, -0.15) is 0 Å². The Bertz CT molecular complexity index is 2120. The lowest BCUT2D eigenvalue weighted by Gasteiger charge is -2.31. The Balaban J connectivity index is 0.899. The second-order valence-electron chi connectivity index (χ2n) is 12.9. The number of carbonyl (C=O) groups is 1. The quantitative estimate of drug-likeness (QED) is 0.148. The van der Waals surface area contributed by atoms with Gasteiger partial charge in [0, 0.05) is 43.9 Å². The molecule has 8 rings (SSSR count). The minimum absolute atomic E-state index is 0.0803. The zero-order valence-electron chi connectivity index (χ0n) is 28.2. The zero-order valence-corrected chi connectivity index (χ0v) is 29.8. The summed E-state index contributed by atoms with van der Waals surface area (Å²) in [4.78, 5) is 27.6. The van der Waals surface area contributed by atoms with Gasteiger partial charge >= 0.3 is 0 Å². The Kier molecular flexibility index (Phi) is 10.2. The molecule has 1 amide bonds. The molecule has 0 bridgehead atoms. The van der Waals surface area contributed by atoms with Crippen molar-refractivity contribution in [1.82, 2.24) is 14.8 Å². The third kappa shape index (κ3) is 7.76. The number of benzene rings is 4.